The molecule has 0 amide bonds. The molecule has 0 saturated heterocycles. The Morgan fingerprint density at radius 3 is 2.28 bits per heavy atom. The van der Waals surface area contributed by atoms with E-state index in [1.54, 1.807) is 0 Å². The second kappa shape index (κ2) is 8.07. The van der Waals surface area contributed by atoms with Crippen LogP contribution in [0.15, 0.2) is 24.3 Å². The van der Waals surface area contributed by atoms with Gasteiger partial charge in [-0.1, -0.05) is 64.3 Å². The van der Waals surface area contributed by atoms with Gasteiger partial charge in [-0.2, -0.15) is 0 Å². The zero-order chi connectivity index (χ0) is 13.4. The molecule has 18 heavy (non-hydrogen) atoms. The topological polar surface area (TPSA) is 17.1 Å². The maximum absolute atomic E-state index is 12.1. The van der Waals surface area contributed by atoms with Crippen molar-refractivity contribution in [2.24, 2.45) is 5.92 Å². The van der Waals surface area contributed by atoms with Gasteiger partial charge in [0.25, 0.3) is 0 Å². The van der Waals surface area contributed by atoms with E-state index in [4.69, 9.17) is 0 Å². The summed E-state index contributed by atoms with van der Waals surface area (Å²) in [6.45, 7) is 6.37. The van der Waals surface area contributed by atoms with Gasteiger partial charge in [-0.15, -0.1) is 0 Å². The maximum atomic E-state index is 12.1. The number of benzene rings is 1. The normalized spacial score (nSPS) is 12.4. The zero-order valence-electron chi connectivity index (χ0n) is 12.0. The lowest BCUT2D eigenvalue weighted by atomic mass is 9.94. The van der Waals surface area contributed by atoms with Crippen LogP contribution in [0.25, 0.3) is 0 Å². The van der Waals surface area contributed by atoms with Gasteiger partial charge < -0.3 is 0 Å². The minimum atomic E-state index is 0.154. The molecule has 0 aliphatic heterocycles. The summed E-state index contributed by atoms with van der Waals surface area (Å²) >= 11 is 0. The van der Waals surface area contributed by atoms with Crippen LogP contribution in [0.4, 0.5) is 0 Å². The molecule has 1 aromatic rings. The number of aryl methyl sites for hydroxylation is 1. The number of carbonyl (C=O) groups is 1. The highest BCUT2D eigenvalue weighted by Gasteiger charge is 2.13. The van der Waals surface area contributed by atoms with Crippen molar-refractivity contribution in [3.8, 4) is 0 Å². The van der Waals surface area contributed by atoms with Crippen LogP contribution in [0, 0.1) is 5.92 Å². The van der Waals surface area contributed by atoms with Crippen molar-refractivity contribution in [1.82, 2.24) is 0 Å². The Hall–Kier alpha value is -1.11. The van der Waals surface area contributed by atoms with Crippen molar-refractivity contribution >= 4 is 5.78 Å². The summed E-state index contributed by atoms with van der Waals surface area (Å²) in [5, 5.41) is 0. The summed E-state index contributed by atoms with van der Waals surface area (Å²) in [5.74, 6) is 0.442. The van der Waals surface area contributed by atoms with Crippen molar-refractivity contribution in [3.63, 3.8) is 0 Å². The Balaban J connectivity index is 2.56. The highest BCUT2D eigenvalue weighted by atomic mass is 16.1. The Morgan fingerprint density at radius 2 is 1.72 bits per heavy atom. The monoisotopic (exact) mass is 246 g/mol. The van der Waals surface area contributed by atoms with Crippen LogP contribution in [0.5, 0.6) is 0 Å². The second-order valence-electron chi connectivity index (χ2n) is 5.21. The first kappa shape index (κ1) is 14.9. The van der Waals surface area contributed by atoms with E-state index < -0.39 is 0 Å². The number of carbonyl (C=O) groups excluding carboxylic acids is 1. The Bertz CT molecular complexity index is 350. The number of hydrogen-bond acceptors (Lipinski definition) is 1. The summed E-state index contributed by atoms with van der Waals surface area (Å²) in [7, 11) is 0. The van der Waals surface area contributed by atoms with Crippen LogP contribution in [0.1, 0.15) is 68.8 Å². The van der Waals surface area contributed by atoms with Crippen LogP contribution >= 0.6 is 0 Å². The minimum absolute atomic E-state index is 0.154. The van der Waals surface area contributed by atoms with Crippen molar-refractivity contribution < 1.29 is 4.79 Å². The number of Topliss-reactive ketones (excluding diaryl/α,β-unsaturated/α-hetero) is 1. The molecule has 0 bridgehead atoms. The molecule has 0 spiro atoms. The number of hydrogen-bond donors (Lipinski definition) is 0. The van der Waals surface area contributed by atoms with E-state index in [0.29, 0.717) is 0 Å². The van der Waals surface area contributed by atoms with Gasteiger partial charge in [-0.05, 0) is 24.8 Å². The molecule has 0 N–H and O–H groups in total. The minimum Gasteiger partial charge on any atom is -0.294 e. The predicted octanol–water partition coefficient (Wildman–Crippen LogP) is 5.04. The van der Waals surface area contributed by atoms with E-state index in [9.17, 15) is 4.79 Å². The molecule has 1 rings (SSSR count). The molecule has 0 heterocycles. The summed E-state index contributed by atoms with van der Waals surface area (Å²) in [6, 6.07) is 8.22. The molecule has 0 aliphatic rings. The van der Waals surface area contributed by atoms with Gasteiger partial charge in [0.1, 0.15) is 0 Å². The van der Waals surface area contributed by atoms with Gasteiger partial charge in [0.15, 0.2) is 5.78 Å². The average molecular weight is 246 g/mol. The van der Waals surface area contributed by atoms with Gasteiger partial charge in [0.2, 0.25) is 0 Å². The van der Waals surface area contributed by atoms with Crippen molar-refractivity contribution in [2.75, 3.05) is 0 Å². The van der Waals surface area contributed by atoms with E-state index >= 15 is 0 Å². The Kier molecular flexibility index (Phi) is 6.70. The van der Waals surface area contributed by atoms with Crippen molar-refractivity contribution in [3.05, 3.63) is 35.4 Å². The molecule has 1 aromatic carbocycles. The van der Waals surface area contributed by atoms with Crippen LogP contribution in [-0.4, -0.2) is 5.78 Å². The van der Waals surface area contributed by atoms with Gasteiger partial charge >= 0.3 is 0 Å². The molecule has 0 aromatic heterocycles. The Labute approximate surface area is 112 Å². The summed E-state index contributed by atoms with van der Waals surface area (Å²) < 4.78 is 0. The van der Waals surface area contributed by atoms with E-state index in [0.717, 1.165) is 24.8 Å². The highest BCUT2D eigenvalue weighted by molar-refractivity contribution is 5.97. The molecule has 0 aliphatic carbocycles. The molecule has 0 radical (unpaired) electrons. The van der Waals surface area contributed by atoms with E-state index in [1.807, 2.05) is 19.1 Å². The molecule has 0 saturated carbocycles. The maximum Gasteiger partial charge on any atom is 0.165 e. The van der Waals surface area contributed by atoms with Crippen LogP contribution < -0.4 is 0 Å². The summed E-state index contributed by atoms with van der Waals surface area (Å²) in [6.07, 6.45) is 6.97. The fraction of sp³-hybridized carbons (Fsp3) is 0.588. The first-order chi connectivity index (χ1) is 8.69. The highest BCUT2D eigenvalue weighted by Crippen LogP contribution is 2.15. The van der Waals surface area contributed by atoms with Gasteiger partial charge in [0, 0.05) is 11.5 Å². The lowest BCUT2D eigenvalue weighted by molar-refractivity contribution is 0.0923. The van der Waals surface area contributed by atoms with E-state index in [-0.39, 0.29) is 11.7 Å². The van der Waals surface area contributed by atoms with Gasteiger partial charge in [0.05, 0.1) is 0 Å². The molecular weight excluding hydrogens is 220 g/mol. The average Bonchev–Trinajstić information content (AvgIpc) is 2.39. The smallest absolute Gasteiger partial charge is 0.165 e. The standard InChI is InChI=1S/C17H26O/c1-4-6-7-9-15-10-12-16(13-11-15)17(18)14(3)8-5-2/h10-14H,4-9H2,1-3H3. The lowest BCUT2D eigenvalue weighted by Gasteiger charge is -2.09. The number of unbranched alkanes of at least 4 members (excludes halogenated alkanes) is 2. The third-order valence-corrected chi connectivity index (χ3v) is 3.48. The van der Waals surface area contributed by atoms with Crippen LogP contribution in [0.2, 0.25) is 0 Å². The van der Waals surface area contributed by atoms with Gasteiger partial charge in [-0.25, -0.2) is 0 Å². The molecule has 1 heteroatoms. The predicted molar refractivity (Wildman–Crippen MR) is 78.1 cm³/mol. The number of ketones is 1. The first-order valence-corrected chi connectivity index (χ1v) is 7.32. The largest absolute Gasteiger partial charge is 0.294 e. The van der Waals surface area contributed by atoms with Crippen molar-refractivity contribution in [1.29, 1.82) is 0 Å². The van der Waals surface area contributed by atoms with Crippen LogP contribution in [0.3, 0.4) is 0 Å². The fourth-order valence-corrected chi connectivity index (χ4v) is 2.26. The second-order valence-corrected chi connectivity index (χ2v) is 5.21. The third-order valence-electron chi connectivity index (χ3n) is 3.48. The molecule has 1 nitrogen and oxygen atoms in total. The molecule has 1 atom stereocenters. The van der Waals surface area contributed by atoms with Crippen molar-refractivity contribution in [2.45, 2.75) is 59.3 Å². The SMILES string of the molecule is CCCCCc1ccc(C(=O)C(C)CCC)cc1. The fourth-order valence-electron chi connectivity index (χ4n) is 2.26. The molecule has 1 unspecified atom stereocenters. The zero-order valence-corrected chi connectivity index (χ0v) is 12.0. The summed E-state index contributed by atoms with van der Waals surface area (Å²) in [4.78, 5) is 12.1. The molecule has 100 valence electrons. The lowest BCUT2D eigenvalue weighted by Crippen LogP contribution is -2.10. The molecule has 0 fully saturated rings. The van der Waals surface area contributed by atoms with Gasteiger partial charge in [-0.3, -0.25) is 4.79 Å². The third kappa shape index (κ3) is 4.64. The molecular formula is C17H26O. The van der Waals surface area contributed by atoms with Crippen LogP contribution in [-0.2, 0) is 6.42 Å². The van der Waals surface area contributed by atoms with E-state index in [2.05, 4.69) is 26.0 Å². The first-order valence-electron chi connectivity index (χ1n) is 7.32. The Morgan fingerprint density at radius 1 is 1.06 bits per heavy atom. The summed E-state index contributed by atoms with van der Waals surface area (Å²) in [5.41, 5.74) is 2.22. The number of rotatable bonds is 8. The quantitative estimate of drug-likeness (QED) is 0.464. The van der Waals surface area contributed by atoms with E-state index in [1.165, 1.54) is 24.8 Å².